The fraction of sp³-hybridized carbons (Fsp3) is 0.190. The molecule has 0 unspecified atom stereocenters. The molecular formula is C21H18BrNO4S. The van der Waals surface area contributed by atoms with Crippen LogP contribution in [0.2, 0.25) is 0 Å². The number of rotatable bonds is 7. The lowest BCUT2D eigenvalue weighted by molar-refractivity contribution is -0.122. The van der Waals surface area contributed by atoms with Crippen LogP contribution in [0, 0.1) is 0 Å². The largest absolute Gasteiger partial charge is 0.493 e. The van der Waals surface area contributed by atoms with Crippen LogP contribution >= 0.6 is 27.7 Å². The Morgan fingerprint density at radius 2 is 1.93 bits per heavy atom. The molecule has 2 amide bonds. The van der Waals surface area contributed by atoms with Crippen molar-refractivity contribution in [3.8, 4) is 5.75 Å². The Morgan fingerprint density at radius 3 is 2.64 bits per heavy atom. The fourth-order valence-corrected chi connectivity index (χ4v) is 3.82. The van der Waals surface area contributed by atoms with Crippen molar-refractivity contribution in [2.45, 2.75) is 13.3 Å². The minimum Gasteiger partial charge on any atom is -0.493 e. The summed E-state index contributed by atoms with van der Waals surface area (Å²) in [6.45, 7) is 2.28. The van der Waals surface area contributed by atoms with Gasteiger partial charge in [-0.25, -0.2) is 0 Å². The highest BCUT2D eigenvalue weighted by atomic mass is 79.9. The Kier molecular flexibility index (Phi) is 6.70. The summed E-state index contributed by atoms with van der Waals surface area (Å²) in [4.78, 5) is 38.6. The van der Waals surface area contributed by atoms with Gasteiger partial charge in [-0.3, -0.25) is 19.3 Å². The lowest BCUT2D eigenvalue weighted by Gasteiger charge is -2.11. The molecule has 2 aromatic carbocycles. The second kappa shape index (κ2) is 9.21. The molecule has 0 bridgehead atoms. The molecule has 1 fully saturated rings. The highest BCUT2D eigenvalue weighted by Gasteiger charge is 2.36. The number of ketones is 1. The highest BCUT2D eigenvalue weighted by Crippen LogP contribution is 2.35. The van der Waals surface area contributed by atoms with Gasteiger partial charge in [-0.05, 0) is 42.5 Å². The summed E-state index contributed by atoms with van der Waals surface area (Å²) in [6.07, 6.45) is 2.49. The highest BCUT2D eigenvalue weighted by molar-refractivity contribution is 9.10. The molecule has 3 rings (SSSR count). The summed E-state index contributed by atoms with van der Waals surface area (Å²) in [5, 5.41) is -0.452. The second-order valence-corrected chi connectivity index (χ2v) is 8.00. The van der Waals surface area contributed by atoms with E-state index in [9.17, 15) is 14.4 Å². The van der Waals surface area contributed by atoms with Gasteiger partial charge in [-0.15, -0.1) is 0 Å². The number of hydrogen-bond donors (Lipinski definition) is 0. The first kappa shape index (κ1) is 20.4. The molecule has 144 valence electrons. The van der Waals surface area contributed by atoms with E-state index in [2.05, 4.69) is 15.9 Å². The van der Waals surface area contributed by atoms with E-state index >= 15 is 0 Å². The van der Waals surface area contributed by atoms with Crippen LogP contribution in [-0.2, 0) is 4.79 Å². The lowest BCUT2D eigenvalue weighted by Crippen LogP contribution is -2.33. The van der Waals surface area contributed by atoms with Crippen molar-refractivity contribution in [2.24, 2.45) is 0 Å². The van der Waals surface area contributed by atoms with Crippen LogP contribution < -0.4 is 4.74 Å². The molecule has 0 spiro atoms. The number of nitrogens with zero attached hydrogens (tertiary/aromatic N) is 1. The van der Waals surface area contributed by atoms with Crippen LogP contribution in [0.25, 0.3) is 6.08 Å². The van der Waals surface area contributed by atoms with Crippen molar-refractivity contribution in [3.05, 3.63) is 69.0 Å². The van der Waals surface area contributed by atoms with E-state index in [1.54, 1.807) is 36.4 Å². The Labute approximate surface area is 175 Å². The SMILES string of the molecule is CCCOc1ccc(Br)cc1/C=C1/SC(=O)N(CC(=O)c2ccccc2)C1=O. The summed E-state index contributed by atoms with van der Waals surface area (Å²) in [7, 11) is 0. The van der Waals surface area contributed by atoms with Crippen LogP contribution in [0.3, 0.4) is 0 Å². The molecule has 0 aromatic heterocycles. The van der Waals surface area contributed by atoms with Crippen molar-refractivity contribution in [1.82, 2.24) is 4.90 Å². The molecule has 2 aromatic rings. The molecule has 7 heteroatoms. The fourth-order valence-electron chi connectivity index (χ4n) is 2.61. The van der Waals surface area contributed by atoms with E-state index in [0.29, 0.717) is 23.5 Å². The minimum atomic E-state index is -0.472. The molecular weight excluding hydrogens is 442 g/mol. The van der Waals surface area contributed by atoms with E-state index in [1.807, 2.05) is 25.1 Å². The first-order chi connectivity index (χ1) is 13.5. The topological polar surface area (TPSA) is 63.7 Å². The summed E-state index contributed by atoms with van der Waals surface area (Å²) in [6, 6.07) is 14.1. The maximum Gasteiger partial charge on any atom is 0.293 e. The number of imide groups is 1. The predicted octanol–water partition coefficient (Wildman–Crippen LogP) is 5.16. The molecule has 28 heavy (non-hydrogen) atoms. The Bertz CT molecular complexity index is 943. The Morgan fingerprint density at radius 1 is 1.18 bits per heavy atom. The van der Waals surface area contributed by atoms with Gasteiger partial charge in [-0.1, -0.05) is 53.2 Å². The first-order valence-electron chi connectivity index (χ1n) is 8.75. The smallest absolute Gasteiger partial charge is 0.293 e. The van der Waals surface area contributed by atoms with E-state index in [1.165, 1.54) is 0 Å². The van der Waals surface area contributed by atoms with Gasteiger partial charge in [0.05, 0.1) is 18.1 Å². The molecule has 0 atom stereocenters. The molecule has 5 nitrogen and oxygen atoms in total. The van der Waals surface area contributed by atoms with Crippen molar-refractivity contribution in [2.75, 3.05) is 13.2 Å². The summed E-state index contributed by atoms with van der Waals surface area (Å²) in [5.41, 5.74) is 1.16. The summed E-state index contributed by atoms with van der Waals surface area (Å²) in [5.74, 6) is -0.114. The zero-order valence-electron chi connectivity index (χ0n) is 15.2. The third-order valence-electron chi connectivity index (χ3n) is 3.99. The second-order valence-electron chi connectivity index (χ2n) is 6.09. The van der Waals surface area contributed by atoms with Gasteiger partial charge in [0.15, 0.2) is 5.78 Å². The monoisotopic (exact) mass is 459 g/mol. The Hall–Kier alpha value is -2.38. The number of halogens is 1. The normalized spacial score (nSPS) is 15.4. The van der Waals surface area contributed by atoms with E-state index in [4.69, 9.17) is 4.74 Å². The van der Waals surface area contributed by atoms with Gasteiger partial charge in [0.1, 0.15) is 5.75 Å². The zero-order valence-corrected chi connectivity index (χ0v) is 17.6. The van der Waals surface area contributed by atoms with E-state index in [0.717, 1.165) is 27.6 Å². The summed E-state index contributed by atoms with van der Waals surface area (Å²) >= 11 is 4.24. The van der Waals surface area contributed by atoms with E-state index < -0.39 is 11.1 Å². The van der Waals surface area contributed by atoms with E-state index in [-0.39, 0.29) is 17.2 Å². The molecule has 1 aliphatic heterocycles. The third kappa shape index (κ3) is 4.72. The number of hydrogen-bond acceptors (Lipinski definition) is 5. The van der Waals surface area contributed by atoms with Gasteiger partial charge in [-0.2, -0.15) is 0 Å². The number of carbonyl (C=O) groups excluding carboxylic acids is 3. The van der Waals surface area contributed by atoms with Gasteiger partial charge >= 0.3 is 0 Å². The van der Waals surface area contributed by atoms with Gasteiger partial charge in [0, 0.05) is 15.6 Å². The molecule has 0 N–H and O–H groups in total. The number of Topliss-reactive ketones (excluding diaryl/α,β-unsaturated/α-hetero) is 1. The third-order valence-corrected chi connectivity index (χ3v) is 5.39. The van der Waals surface area contributed by atoms with Crippen LogP contribution in [0.1, 0.15) is 29.3 Å². The standard InChI is InChI=1S/C21H18BrNO4S/c1-2-10-27-18-9-8-16(22)11-15(18)12-19-20(25)23(21(26)28-19)13-17(24)14-6-4-3-5-7-14/h3-9,11-12H,2,10,13H2,1H3/b19-12+. The number of ether oxygens (including phenoxy) is 1. The maximum absolute atomic E-state index is 12.7. The quantitative estimate of drug-likeness (QED) is 0.422. The number of amides is 2. The van der Waals surface area contributed by atoms with Crippen molar-refractivity contribution < 1.29 is 19.1 Å². The van der Waals surface area contributed by atoms with Gasteiger partial charge < -0.3 is 4.74 Å². The average Bonchev–Trinajstić information content (AvgIpc) is 2.95. The zero-order chi connectivity index (χ0) is 20.1. The molecule has 1 heterocycles. The number of carbonyl (C=O) groups is 3. The van der Waals surface area contributed by atoms with Crippen molar-refractivity contribution in [3.63, 3.8) is 0 Å². The minimum absolute atomic E-state index is 0.269. The molecule has 0 radical (unpaired) electrons. The first-order valence-corrected chi connectivity index (χ1v) is 10.4. The van der Waals surface area contributed by atoms with Crippen LogP contribution in [-0.4, -0.2) is 35.0 Å². The molecule has 1 saturated heterocycles. The maximum atomic E-state index is 12.7. The number of thioether (sulfide) groups is 1. The van der Waals surface area contributed by atoms with Gasteiger partial charge in [0.25, 0.3) is 11.1 Å². The molecule has 1 aliphatic rings. The molecule has 0 saturated carbocycles. The van der Waals surface area contributed by atoms with Crippen LogP contribution in [0.4, 0.5) is 4.79 Å². The van der Waals surface area contributed by atoms with Gasteiger partial charge in [0.2, 0.25) is 0 Å². The predicted molar refractivity (Wildman–Crippen MR) is 113 cm³/mol. The summed E-state index contributed by atoms with van der Waals surface area (Å²) < 4.78 is 6.56. The average molecular weight is 460 g/mol. The molecule has 0 aliphatic carbocycles. The Balaban J connectivity index is 1.82. The lowest BCUT2D eigenvalue weighted by atomic mass is 10.1. The van der Waals surface area contributed by atoms with Crippen molar-refractivity contribution >= 4 is 50.7 Å². The number of benzene rings is 2. The van der Waals surface area contributed by atoms with Crippen LogP contribution in [0.15, 0.2) is 57.9 Å². The van der Waals surface area contributed by atoms with Crippen molar-refractivity contribution in [1.29, 1.82) is 0 Å². The van der Waals surface area contributed by atoms with Crippen LogP contribution in [0.5, 0.6) is 5.75 Å².